The van der Waals surface area contributed by atoms with Crippen LogP contribution in [0.4, 0.5) is 11.4 Å². The second-order valence-electron chi connectivity index (χ2n) is 6.95. The number of carbonyl (C=O) groups is 1. The van der Waals surface area contributed by atoms with E-state index < -0.39 is 0 Å². The minimum Gasteiger partial charge on any atom is -0.384 e. The summed E-state index contributed by atoms with van der Waals surface area (Å²) < 4.78 is 0. The minimum atomic E-state index is -0.114. The van der Waals surface area contributed by atoms with Gasteiger partial charge in [-0.25, -0.2) is 0 Å². The molecule has 1 heterocycles. The van der Waals surface area contributed by atoms with Crippen LogP contribution in [0.3, 0.4) is 0 Å². The summed E-state index contributed by atoms with van der Waals surface area (Å²) in [6.45, 7) is 0.932. The van der Waals surface area contributed by atoms with E-state index in [4.69, 9.17) is 0 Å². The third-order valence-corrected chi connectivity index (χ3v) is 5.08. The fraction of sp³-hybridized carbons (Fsp3) is 0.273. The van der Waals surface area contributed by atoms with Crippen LogP contribution in [-0.4, -0.2) is 17.4 Å². The molecule has 0 atom stereocenters. The number of fused-ring (bicyclic) bond motifs is 1. The van der Waals surface area contributed by atoms with Crippen molar-refractivity contribution in [3.63, 3.8) is 0 Å². The molecule has 0 unspecified atom stereocenters. The Kier molecular flexibility index (Phi) is 4.82. The van der Waals surface area contributed by atoms with Gasteiger partial charge in [-0.05, 0) is 43.0 Å². The van der Waals surface area contributed by atoms with Gasteiger partial charge in [0, 0.05) is 17.6 Å². The maximum atomic E-state index is 12.8. The van der Waals surface area contributed by atoms with Gasteiger partial charge in [0.2, 0.25) is 0 Å². The lowest BCUT2D eigenvalue weighted by Gasteiger charge is -2.15. The van der Waals surface area contributed by atoms with Gasteiger partial charge in [0.05, 0.1) is 23.0 Å². The molecule has 0 radical (unpaired) electrons. The summed E-state index contributed by atoms with van der Waals surface area (Å²) in [5.41, 5.74) is 3.19. The van der Waals surface area contributed by atoms with Crippen LogP contribution >= 0.6 is 0 Å². The van der Waals surface area contributed by atoms with Gasteiger partial charge in [-0.2, -0.15) is 0 Å². The van der Waals surface area contributed by atoms with Crippen LogP contribution in [0.1, 0.15) is 36.0 Å². The van der Waals surface area contributed by atoms with Gasteiger partial charge >= 0.3 is 0 Å². The summed E-state index contributed by atoms with van der Waals surface area (Å²) in [6.07, 6.45) is 6.91. The van der Waals surface area contributed by atoms with E-state index in [1.165, 1.54) is 25.7 Å². The number of aromatic nitrogens is 1. The number of nitrogens with one attached hydrogen (secondary N) is 2. The van der Waals surface area contributed by atoms with Crippen molar-refractivity contribution in [2.75, 3.05) is 17.2 Å². The van der Waals surface area contributed by atoms with E-state index in [0.29, 0.717) is 11.3 Å². The first-order chi connectivity index (χ1) is 12.8. The molecule has 4 nitrogen and oxygen atoms in total. The Balaban J connectivity index is 1.49. The Labute approximate surface area is 153 Å². The average Bonchev–Trinajstić information content (AvgIpc) is 3.20. The van der Waals surface area contributed by atoms with Crippen molar-refractivity contribution in [1.29, 1.82) is 0 Å². The van der Waals surface area contributed by atoms with Gasteiger partial charge < -0.3 is 10.6 Å². The number of hydrogen-bond donors (Lipinski definition) is 2. The number of para-hydroxylation sites is 2. The molecule has 4 heteroatoms. The Bertz CT molecular complexity index is 916. The van der Waals surface area contributed by atoms with Crippen LogP contribution in [0.2, 0.25) is 0 Å². The molecule has 1 saturated carbocycles. The van der Waals surface area contributed by atoms with Crippen molar-refractivity contribution in [2.24, 2.45) is 5.92 Å². The molecule has 1 amide bonds. The zero-order valence-corrected chi connectivity index (χ0v) is 14.7. The summed E-state index contributed by atoms with van der Waals surface area (Å²) >= 11 is 0. The van der Waals surface area contributed by atoms with Crippen LogP contribution in [0.15, 0.2) is 60.8 Å². The Hall–Kier alpha value is -2.88. The molecular formula is C22H23N3O. The standard InChI is InChI=1S/C22H23N3O/c26-22(25-18-13-17-9-3-5-11-20(17)24-15-18)19-10-4-6-12-21(19)23-14-16-7-1-2-8-16/h3-6,9-13,15-16,23H,1-2,7-8,14H2,(H,25,26). The van der Waals surface area contributed by atoms with Crippen LogP contribution in [-0.2, 0) is 0 Å². The zero-order chi connectivity index (χ0) is 17.8. The van der Waals surface area contributed by atoms with Gasteiger partial charge in [0.1, 0.15) is 0 Å². The van der Waals surface area contributed by atoms with E-state index in [1.54, 1.807) is 6.20 Å². The second kappa shape index (κ2) is 7.56. The highest BCUT2D eigenvalue weighted by atomic mass is 16.1. The highest BCUT2D eigenvalue weighted by Crippen LogP contribution is 2.26. The second-order valence-corrected chi connectivity index (χ2v) is 6.95. The van der Waals surface area contributed by atoms with E-state index in [9.17, 15) is 4.79 Å². The van der Waals surface area contributed by atoms with Gasteiger partial charge in [0.15, 0.2) is 0 Å². The molecular weight excluding hydrogens is 322 g/mol. The van der Waals surface area contributed by atoms with Gasteiger partial charge in [-0.1, -0.05) is 43.2 Å². The van der Waals surface area contributed by atoms with Crippen molar-refractivity contribution in [3.8, 4) is 0 Å². The molecule has 0 saturated heterocycles. The molecule has 26 heavy (non-hydrogen) atoms. The third kappa shape index (κ3) is 3.69. The zero-order valence-electron chi connectivity index (χ0n) is 14.7. The monoisotopic (exact) mass is 345 g/mol. The van der Waals surface area contributed by atoms with Crippen molar-refractivity contribution in [3.05, 3.63) is 66.4 Å². The Morgan fingerprint density at radius 3 is 2.69 bits per heavy atom. The number of hydrogen-bond acceptors (Lipinski definition) is 3. The number of benzene rings is 2. The van der Waals surface area contributed by atoms with E-state index >= 15 is 0 Å². The number of rotatable bonds is 5. The molecule has 3 aromatic rings. The summed E-state index contributed by atoms with van der Waals surface area (Å²) in [7, 11) is 0. The first kappa shape index (κ1) is 16.6. The summed E-state index contributed by atoms with van der Waals surface area (Å²) in [4.78, 5) is 17.2. The molecule has 1 aliphatic rings. The van der Waals surface area contributed by atoms with Crippen molar-refractivity contribution >= 4 is 28.2 Å². The molecule has 1 aromatic heterocycles. The lowest BCUT2D eigenvalue weighted by atomic mass is 10.1. The number of nitrogens with zero attached hydrogens (tertiary/aromatic N) is 1. The molecule has 1 fully saturated rings. The highest BCUT2D eigenvalue weighted by Gasteiger charge is 2.16. The van der Waals surface area contributed by atoms with Crippen molar-refractivity contribution in [1.82, 2.24) is 4.98 Å². The van der Waals surface area contributed by atoms with Crippen LogP contribution in [0.5, 0.6) is 0 Å². The quantitative estimate of drug-likeness (QED) is 0.677. The molecule has 132 valence electrons. The highest BCUT2D eigenvalue weighted by molar-refractivity contribution is 6.08. The SMILES string of the molecule is O=C(Nc1cnc2ccccc2c1)c1ccccc1NCC1CCCC1. The summed E-state index contributed by atoms with van der Waals surface area (Å²) in [5.74, 6) is 0.604. The van der Waals surface area contributed by atoms with E-state index in [2.05, 4.69) is 15.6 Å². The largest absolute Gasteiger partial charge is 0.384 e. The van der Waals surface area contributed by atoms with Crippen LogP contribution < -0.4 is 10.6 Å². The fourth-order valence-corrected chi connectivity index (χ4v) is 3.64. The lowest BCUT2D eigenvalue weighted by molar-refractivity contribution is 0.102. The molecule has 1 aliphatic carbocycles. The molecule has 4 rings (SSSR count). The molecule has 0 spiro atoms. The minimum absolute atomic E-state index is 0.114. The fourth-order valence-electron chi connectivity index (χ4n) is 3.64. The topological polar surface area (TPSA) is 54.0 Å². The van der Waals surface area contributed by atoms with Gasteiger partial charge in [-0.3, -0.25) is 9.78 Å². The van der Waals surface area contributed by atoms with Crippen LogP contribution in [0, 0.1) is 5.92 Å². The molecule has 2 aromatic carbocycles. The van der Waals surface area contributed by atoms with E-state index in [1.807, 2.05) is 54.6 Å². The van der Waals surface area contributed by atoms with Gasteiger partial charge in [-0.15, -0.1) is 0 Å². The lowest BCUT2D eigenvalue weighted by Crippen LogP contribution is -2.17. The number of amides is 1. The van der Waals surface area contributed by atoms with Gasteiger partial charge in [0.25, 0.3) is 5.91 Å². The first-order valence-corrected chi connectivity index (χ1v) is 9.28. The average molecular weight is 345 g/mol. The van der Waals surface area contributed by atoms with Crippen LogP contribution in [0.25, 0.3) is 10.9 Å². The predicted molar refractivity (Wildman–Crippen MR) is 107 cm³/mol. The number of pyridine rings is 1. The smallest absolute Gasteiger partial charge is 0.257 e. The van der Waals surface area contributed by atoms with E-state index in [0.717, 1.165) is 29.1 Å². The molecule has 0 bridgehead atoms. The Morgan fingerprint density at radius 1 is 1.04 bits per heavy atom. The van der Waals surface area contributed by atoms with E-state index in [-0.39, 0.29) is 5.91 Å². The van der Waals surface area contributed by atoms with Crippen molar-refractivity contribution < 1.29 is 4.79 Å². The number of anilines is 2. The third-order valence-electron chi connectivity index (χ3n) is 5.08. The first-order valence-electron chi connectivity index (χ1n) is 9.28. The van der Waals surface area contributed by atoms with Crippen molar-refractivity contribution in [2.45, 2.75) is 25.7 Å². The molecule has 0 aliphatic heterocycles. The normalized spacial score (nSPS) is 14.5. The summed E-state index contributed by atoms with van der Waals surface area (Å²) in [5, 5.41) is 7.46. The maximum Gasteiger partial charge on any atom is 0.257 e. The molecule has 2 N–H and O–H groups in total. The number of carbonyl (C=O) groups excluding carboxylic acids is 1. The predicted octanol–water partition coefficient (Wildman–Crippen LogP) is 5.09. The Morgan fingerprint density at radius 2 is 1.81 bits per heavy atom. The maximum absolute atomic E-state index is 12.8. The summed E-state index contributed by atoms with van der Waals surface area (Å²) in [6, 6.07) is 17.5.